The minimum Gasteiger partial charge on any atom is -0.398 e. The fourth-order valence-corrected chi connectivity index (χ4v) is 3.26. The number of aromatic nitrogens is 2. The molecule has 8 heteroatoms. The van der Waals surface area contributed by atoms with Gasteiger partial charge in [0.1, 0.15) is 5.82 Å². The highest BCUT2D eigenvalue weighted by Gasteiger charge is 2.21. The topological polar surface area (TPSA) is 101 Å². The highest BCUT2D eigenvalue weighted by molar-refractivity contribution is 7.89. The molecule has 1 heterocycles. The van der Waals surface area contributed by atoms with Gasteiger partial charge in [-0.2, -0.15) is 0 Å². The Morgan fingerprint density at radius 3 is 2.70 bits per heavy atom. The number of halogens is 1. The Labute approximate surface area is 122 Å². The SMILES string of the molecule is Cc1c(N)cc(S(=O)(=O)NC(C)c2ncc[nH]2)cc1Cl. The van der Waals surface area contributed by atoms with E-state index < -0.39 is 16.1 Å². The Bertz CT molecular complexity index is 690. The molecule has 20 heavy (non-hydrogen) atoms. The predicted octanol–water partition coefficient (Wildman–Crippen LogP) is 1.99. The minimum absolute atomic E-state index is 0.0315. The predicted molar refractivity (Wildman–Crippen MR) is 77.9 cm³/mol. The van der Waals surface area contributed by atoms with Gasteiger partial charge in [-0.3, -0.25) is 0 Å². The molecular weight excluding hydrogens is 300 g/mol. The van der Waals surface area contributed by atoms with Crippen molar-refractivity contribution >= 4 is 27.3 Å². The molecule has 0 amide bonds. The van der Waals surface area contributed by atoms with E-state index in [-0.39, 0.29) is 4.90 Å². The Hall–Kier alpha value is -1.57. The number of hydrogen-bond donors (Lipinski definition) is 3. The third-order valence-electron chi connectivity index (χ3n) is 2.93. The largest absolute Gasteiger partial charge is 0.398 e. The van der Waals surface area contributed by atoms with Crippen LogP contribution in [0.5, 0.6) is 0 Å². The third-order valence-corrected chi connectivity index (χ3v) is 4.84. The number of imidazole rings is 1. The van der Waals surface area contributed by atoms with Crippen LogP contribution >= 0.6 is 11.6 Å². The highest BCUT2D eigenvalue weighted by atomic mass is 35.5. The zero-order chi connectivity index (χ0) is 14.9. The third kappa shape index (κ3) is 2.95. The first-order valence-electron chi connectivity index (χ1n) is 5.88. The van der Waals surface area contributed by atoms with Gasteiger partial charge >= 0.3 is 0 Å². The van der Waals surface area contributed by atoms with E-state index in [1.165, 1.54) is 12.1 Å². The van der Waals surface area contributed by atoms with E-state index in [0.717, 1.165) is 0 Å². The number of nitrogens with zero attached hydrogens (tertiary/aromatic N) is 1. The summed E-state index contributed by atoms with van der Waals surface area (Å²) < 4.78 is 27.1. The van der Waals surface area contributed by atoms with E-state index in [9.17, 15) is 8.42 Å². The Morgan fingerprint density at radius 1 is 1.45 bits per heavy atom. The molecule has 0 bridgehead atoms. The number of rotatable bonds is 4. The van der Waals surface area contributed by atoms with Gasteiger partial charge in [-0.25, -0.2) is 18.1 Å². The number of sulfonamides is 1. The van der Waals surface area contributed by atoms with Crippen LogP contribution in [0.25, 0.3) is 0 Å². The van der Waals surface area contributed by atoms with E-state index in [1.807, 2.05) is 0 Å². The lowest BCUT2D eigenvalue weighted by molar-refractivity contribution is 0.561. The van der Waals surface area contributed by atoms with Gasteiger partial charge in [-0.15, -0.1) is 0 Å². The first-order valence-corrected chi connectivity index (χ1v) is 7.74. The highest BCUT2D eigenvalue weighted by Crippen LogP contribution is 2.26. The second-order valence-corrected chi connectivity index (χ2v) is 6.56. The van der Waals surface area contributed by atoms with Crippen LogP contribution in [0.4, 0.5) is 5.69 Å². The Balaban J connectivity index is 2.31. The van der Waals surface area contributed by atoms with E-state index in [1.54, 1.807) is 26.2 Å². The second-order valence-electron chi connectivity index (χ2n) is 4.44. The summed E-state index contributed by atoms with van der Waals surface area (Å²) in [6.07, 6.45) is 3.18. The molecule has 0 fully saturated rings. The molecule has 2 aromatic rings. The molecule has 0 saturated carbocycles. The molecule has 0 spiro atoms. The Kier molecular flexibility index (Phi) is 4.03. The van der Waals surface area contributed by atoms with Crippen molar-refractivity contribution in [2.45, 2.75) is 24.8 Å². The molecule has 0 aliphatic rings. The van der Waals surface area contributed by atoms with Crippen molar-refractivity contribution in [1.82, 2.24) is 14.7 Å². The molecule has 6 nitrogen and oxygen atoms in total. The quantitative estimate of drug-likeness (QED) is 0.751. The van der Waals surface area contributed by atoms with Crippen molar-refractivity contribution in [3.63, 3.8) is 0 Å². The van der Waals surface area contributed by atoms with Gasteiger partial charge in [0.05, 0.1) is 10.9 Å². The zero-order valence-electron chi connectivity index (χ0n) is 11.0. The monoisotopic (exact) mass is 314 g/mol. The summed E-state index contributed by atoms with van der Waals surface area (Å²) in [6, 6.07) is 2.28. The van der Waals surface area contributed by atoms with Gasteiger partial charge in [0, 0.05) is 23.1 Å². The van der Waals surface area contributed by atoms with Crippen LogP contribution in [0.2, 0.25) is 5.02 Å². The summed E-state index contributed by atoms with van der Waals surface area (Å²) in [6.45, 7) is 3.42. The molecule has 0 radical (unpaired) electrons. The van der Waals surface area contributed by atoms with Crippen LogP contribution in [-0.4, -0.2) is 18.4 Å². The van der Waals surface area contributed by atoms with Crippen LogP contribution < -0.4 is 10.5 Å². The maximum absolute atomic E-state index is 12.3. The van der Waals surface area contributed by atoms with Crippen molar-refractivity contribution in [2.75, 3.05) is 5.73 Å². The van der Waals surface area contributed by atoms with Crippen LogP contribution in [-0.2, 0) is 10.0 Å². The van der Waals surface area contributed by atoms with Gasteiger partial charge in [-0.1, -0.05) is 11.6 Å². The van der Waals surface area contributed by atoms with Crippen molar-refractivity contribution in [3.8, 4) is 0 Å². The zero-order valence-corrected chi connectivity index (χ0v) is 12.6. The summed E-state index contributed by atoms with van der Waals surface area (Å²) in [4.78, 5) is 6.90. The lowest BCUT2D eigenvalue weighted by Gasteiger charge is -2.13. The number of nitrogen functional groups attached to an aromatic ring is 1. The lowest BCUT2D eigenvalue weighted by atomic mass is 10.2. The number of nitrogens with one attached hydrogen (secondary N) is 2. The average molecular weight is 315 g/mol. The summed E-state index contributed by atoms with van der Waals surface area (Å²) >= 11 is 5.97. The molecule has 4 N–H and O–H groups in total. The van der Waals surface area contributed by atoms with Crippen molar-refractivity contribution in [3.05, 3.63) is 40.9 Å². The van der Waals surface area contributed by atoms with Gasteiger partial charge in [0.15, 0.2) is 0 Å². The molecule has 0 aliphatic heterocycles. The molecular formula is C12H15ClN4O2S. The number of benzene rings is 1. The molecule has 108 valence electrons. The standard InChI is InChI=1S/C12H15ClN4O2S/c1-7-10(13)5-9(6-11(7)14)20(18,19)17-8(2)12-15-3-4-16-12/h3-6,8,17H,14H2,1-2H3,(H,15,16). The second kappa shape index (κ2) is 5.43. The average Bonchev–Trinajstić information content (AvgIpc) is 2.88. The van der Waals surface area contributed by atoms with Crippen molar-refractivity contribution < 1.29 is 8.42 Å². The van der Waals surface area contributed by atoms with Crippen LogP contribution in [0.3, 0.4) is 0 Å². The van der Waals surface area contributed by atoms with Crippen LogP contribution in [0.1, 0.15) is 24.4 Å². The maximum Gasteiger partial charge on any atom is 0.241 e. The molecule has 0 saturated heterocycles. The van der Waals surface area contributed by atoms with E-state index in [2.05, 4.69) is 14.7 Å². The Morgan fingerprint density at radius 2 is 2.15 bits per heavy atom. The summed E-state index contributed by atoms with van der Waals surface area (Å²) in [5.41, 5.74) is 6.74. The normalized spacial score (nSPS) is 13.3. The van der Waals surface area contributed by atoms with E-state index >= 15 is 0 Å². The van der Waals surface area contributed by atoms with E-state index in [0.29, 0.717) is 22.1 Å². The summed E-state index contributed by atoms with van der Waals surface area (Å²) in [7, 11) is -3.72. The van der Waals surface area contributed by atoms with Gasteiger partial charge < -0.3 is 10.7 Å². The summed E-state index contributed by atoms with van der Waals surface area (Å²) in [5.74, 6) is 0.528. The molecule has 0 aliphatic carbocycles. The van der Waals surface area contributed by atoms with Gasteiger partial charge in [0.2, 0.25) is 10.0 Å². The van der Waals surface area contributed by atoms with Gasteiger partial charge in [0.25, 0.3) is 0 Å². The van der Waals surface area contributed by atoms with Crippen molar-refractivity contribution in [2.24, 2.45) is 0 Å². The van der Waals surface area contributed by atoms with Crippen molar-refractivity contribution in [1.29, 1.82) is 0 Å². The smallest absolute Gasteiger partial charge is 0.241 e. The lowest BCUT2D eigenvalue weighted by Crippen LogP contribution is -2.27. The number of aromatic amines is 1. The minimum atomic E-state index is -3.72. The number of nitrogens with two attached hydrogens (primary N) is 1. The maximum atomic E-state index is 12.3. The number of H-pyrrole nitrogens is 1. The number of hydrogen-bond acceptors (Lipinski definition) is 4. The molecule has 1 atom stereocenters. The van der Waals surface area contributed by atoms with Crippen LogP contribution in [0, 0.1) is 6.92 Å². The fourth-order valence-electron chi connectivity index (χ4n) is 1.70. The number of anilines is 1. The van der Waals surface area contributed by atoms with E-state index in [4.69, 9.17) is 17.3 Å². The van der Waals surface area contributed by atoms with Gasteiger partial charge in [-0.05, 0) is 31.5 Å². The first kappa shape index (κ1) is 14.8. The molecule has 1 aromatic heterocycles. The molecule has 2 rings (SSSR count). The molecule has 1 unspecified atom stereocenters. The molecule has 1 aromatic carbocycles. The van der Waals surface area contributed by atoms with Crippen LogP contribution in [0.15, 0.2) is 29.4 Å². The summed E-state index contributed by atoms with van der Waals surface area (Å²) in [5, 5.41) is 0.316. The fraction of sp³-hybridized carbons (Fsp3) is 0.250. The first-order chi connectivity index (χ1) is 9.31.